The lowest BCUT2D eigenvalue weighted by molar-refractivity contribution is 0.0482. The van der Waals surface area contributed by atoms with Crippen molar-refractivity contribution in [3.63, 3.8) is 0 Å². The third kappa shape index (κ3) is 4.07. The number of rotatable bonds is 4. The average Bonchev–Trinajstić information content (AvgIpc) is 3.36. The van der Waals surface area contributed by atoms with Crippen molar-refractivity contribution in [3.8, 4) is 0 Å². The molecule has 2 aromatic heterocycles. The van der Waals surface area contributed by atoms with Crippen LogP contribution in [0, 0.1) is 6.92 Å². The number of anilines is 1. The van der Waals surface area contributed by atoms with Gasteiger partial charge in [0.15, 0.2) is 0 Å². The first-order valence-electron chi connectivity index (χ1n) is 9.37. The molecule has 0 spiro atoms. The van der Waals surface area contributed by atoms with E-state index < -0.39 is 0 Å². The average molecular weight is 367 g/mol. The summed E-state index contributed by atoms with van der Waals surface area (Å²) in [5.41, 5.74) is 1.63. The van der Waals surface area contributed by atoms with E-state index in [2.05, 4.69) is 20.0 Å². The zero-order valence-corrected chi connectivity index (χ0v) is 16.0. The fourth-order valence-electron chi connectivity index (χ4n) is 3.28. The molecule has 27 heavy (non-hydrogen) atoms. The number of aryl methyl sites for hydroxylation is 1. The van der Waals surface area contributed by atoms with Crippen molar-refractivity contribution in [2.75, 3.05) is 18.1 Å². The van der Waals surface area contributed by atoms with E-state index in [1.165, 1.54) is 6.33 Å². The summed E-state index contributed by atoms with van der Waals surface area (Å²) >= 11 is 0. The standard InChI is InChI=1S/C18H19N5O2.C2H6/c1-13-4-2-5-14(10-13)17(24)25-11-15-6-3-9-22(15)16-7-8-19-18-20-12-21-23(16)18;1-2/h2,4-5,7-8,10,12,15H,3,6,9,11H2,1H3;1-2H3/t15-;/m1./s1. The van der Waals surface area contributed by atoms with Crippen LogP contribution >= 0.6 is 0 Å². The van der Waals surface area contributed by atoms with Gasteiger partial charge in [0.1, 0.15) is 18.8 Å². The van der Waals surface area contributed by atoms with E-state index in [4.69, 9.17) is 4.74 Å². The molecule has 142 valence electrons. The predicted molar refractivity (Wildman–Crippen MR) is 104 cm³/mol. The lowest BCUT2D eigenvalue weighted by atomic mass is 10.1. The molecule has 1 fully saturated rings. The Hall–Kier alpha value is -2.96. The molecule has 1 atom stereocenters. The predicted octanol–water partition coefficient (Wildman–Crippen LogP) is 3.28. The molecule has 0 N–H and O–H groups in total. The molecule has 4 rings (SSSR count). The third-order valence-corrected chi connectivity index (χ3v) is 4.49. The maximum absolute atomic E-state index is 12.3. The first-order valence-corrected chi connectivity index (χ1v) is 9.37. The maximum Gasteiger partial charge on any atom is 0.338 e. The topological polar surface area (TPSA) is 72.6 Å². The van der Waals surface area contributed by atoms with Crippen molar-refractivity contribution < 1.29 is 9.53 Å². The Bertz CT molecular complexity index is 908. The summed E-state index contributed by atoms with van der Waals surface area (Å²) in [4.78, 5) is 22.8. The summed E-state index contributed by atoms with van der Waals surface area (Å²) in [5, 5.41) is 4.24. The zero-order valence-electron chi connectivity index (χ0n) is 16.0. The molecule has 0 saturated carbocycles. The van der Waals surface area contributed by atoms with Crippen molar-refractivity contribution in [3.05, 3.63) is 54.0 Å². The van der Waals surface area contributed by atoms with Crippen molar-refractivity contribution in [2.45, 2.75) is 39.7 Å². The summed E-state index contributed by atoms with van der Waals surface area (Å²) in [5.74, 6) is 1.22. The van der Waals surface area contributed by atoms with Gasteiger partial charge in [-0.25, -0.2) is 9.78 Å². The van der Waals surface area contributed by atoms with E-state index in [9.17, 15) is 4.79 Å². The first kappa shape index (κ1) is 18.8. The second-order valence-electron chi connectivity index (χ2n) is 6.23. The van der Waals surface area contributed by atoms with Crippen LogP contribution in [0.15, 0.2) is 42.9 Å². The van der Waals surface area contributed by atoms with Crippen LogP contribution < -0.4 is 4.90 Å². The molecule has 0 amide bonds. The van der Waals surface area contributed by atoms with Gasteiger partial charge in [0.2, 0.25) is 0 Å². The number of carbonyl (C=O) groups excluding carboxylic acids is 1. The highest BCUT2D eigenvalue weighted by molar-refractivity contribution is 5.89. The van der Waals surface area contributed by atoms with Gasteiger partial charge in [-0.05, 0) is 38.0 Å². The van der Waals surface area contributed by atoms with Crippen molar-refractivity contribution >= 4 is 17.6 Å². The lowest BCUT2D eigenvalue weighted by Gasteiger charge is -2.26. The van der Waals surface area contributed by atoms with Crippen LogP contribution in [0.2, 0.25) is 0 Å². The second kappa shape index (κ2) is 8.62. The molecule has 1 saturated heterocycles. The van der Waals surface area contributed by atoms with Crippen LogP contribution in [0.5, 0.6) is 0 Å². The number of hydrogen-bond acceptors (Lipinski definition) is 6. The molecule has 0 unspecified atom stereocenters. The zero-order chi connectivity index (χ0) is 19.2. The largest absolute Gasteiger partial charge is 0.460 e. The Balaban J connectivity index is 0.00000102. The minimum Gasteiger partial charge on any atom is -0.460 e. The molecule has 7 nitrogen and oxygen atoms in total. The van der Waals surface area contributed by atoms with E-state index in [1.807, 2.05) is 45.0 Å². The molecule has 3 heterocycles. The Morgan fingerprint density at radius 1 is 1.26 bits per heavy atom. The molecule has 0 bridgehead atoms. The fourth-order valence-corrected chi connectivity index (χ4v) is 3.28. The molecular weight excluding hydrogens is 342 g/mol. The minimum atomic E-state index is -0.281. The molecular formula is C20H25N5O2. The van der Waals surface area contributed by atoms with Gasteiger partial charge < -0.3 is 9.64 Å². The van der Waals surface area contributed by atoms with Gasteiger partial charge in [0.25, 0.3) is 5.78 Å². The van der Waals surface area contributed by atoms with Crippen LogP contribution in [-0.4, -0.2) is 44.7 Å². The first-order chi connectivity index (χ1) is 13.2. The number of aromatic nitrogens is 4. The van der Waals surface area contributed by atoms with Crippen LogP contribution in [-0.2, 0) is 4.74 Å². The van der Waals surface area contributed by atoms with Gasteiger partial charge in [-0.3, -0.25) is 0 Å². The van der Waals surface area contributed by atoms with E-state index >= 15 is 0 Å². The summed E-state index contributed by atoms with van der Waals surface area (Å²) in [6.07, 6.45) is 5.24. The number of ether oxygens (including phenoxy) is 1. The quantitative estimate of drug-likeness (QED) is 0.659. The smallest absolute Gasteiger partial charge is 0.338 e. The summed E-state index contributed by atoms with van der Waals surface area (Å²) in [6, 6.07) is 9.50. The molecule has 1 aromatic carbocycles. The van der Waals surface area contributed by atoms with Gasteiger partial charge in [-0.2, -0.15) is 14.6 Å². The maximum atomic E-state index is 12.3. The molecule has 3 aromatic rings. The highest BCUT2D eigenvalue weighted by Crippen LogP contribution is 2.25. The van der Waals surface area contributed by atoms with Gasteiger partial charge in [-0.1, -0.05) is 31.5 Å². The number of esters is 1. The Labute approximate surface area is 159 Å². The molecule has 1 aliphatic rings. The van der Waals surface area contributed by atoms with Gasteiger partial charge >= 0.3 is 5.97 Å². The second-order valence-corrected chi connectivity index (χ2v) is 6.23. The Morgan fingerprint density at radius 3 is 2.93 bits per heavy atom. The number of fused-ring (bicyclic) bond motifs is 1. The minimum absolute atomic E-state index is 0.128. The van der Waals surface area contributed by atoms with Crippen LogP contribution in [0.1, 0.15) is 42.6 Å². The van der Waals surface area contributed by atoms with Crippen LogP contribution in [0.4, 0.5) is 5.82 Å². The van der Waals surface area contributed by atoms with E-state index in [0.717, 1.165) is 30.8 Å². The number of carbonyl (C=O) groups is 1. The van der Waals surface area contributed by atoms with Gasteiger partial charge in [0, 0.05) is 12.7 Å². The van der Waals surface area contributed by atoms with Gasteiger partial charge in [-0.15, -0.1) is 0 Å². The normalized spacial score (nSPS) is 16.1. The van der Waals surface area contributed by atoms with Crippen molar-refractivity contribution in [1.82, 2.24) is 19.6 Å². The summed E-state index contributed by atoms with van der Waals surface area (Å²) < 4.78 is 7.29. The van der Waals surface area contributed by atoms with Gasteiger partial charge in [0.05, 0.1) is 11.6 Å². The Kier molecular flexibility index (Phi) is 6.01. The monoisotopic (exact) mass is 367 g/mol. The highest BCUT2D eigenvalue weighted by Gasteiger charge is 2.28. The lowest BCUT2D eigenvalue weighted by Crippen LogP contribution is -2.35. The Morgan fingerprint density at radius 2 is 2.11 bits per heavy atom. The van der Waals surface area contributed by atoms with Crippen LogP contribution in [0.25, 0.3) is 5.78 Å². The van der Waals surface area contributed by atoms with Crippen molar-refractivity contribution in [2.24, 2.45) is 0 Å². The third-order valence-electron chi connectivity index (χ3n) is 4.49. The molecule has 1 aliphatic heterocycles. The highest BCUT2D eigenvalue weighted by atomic mass is 16.5. The van der Waals surface area contributed by atoms with E-state index in [1.54, 1.807) is 16.8 Å². The fraction of sp³-hybridized carbons (Fsp3) is 0.400. The van der Waals surface area contributed by atoms with Crippen molar-refractivity contribution in [1.29, 1.82) is 0 Å². The molecule has 0 radical (unpaired) electrons. The molecule has 7 heteroatoms. The van der Waals surface area contributed by atoms with Crippen LogP contribution in [0.3, 0.4) is 0 Å². The summed E-state index contributed by atoms with van der Waals surface area (Å²) in [6.45, 7) is 7.21. The number of hydrogen-bond donors (Lipinski definition) is 0. The SMILES string of the molecule is CC.Cc1cccc(C(=O)OC[C@H]2CCCN2c2ccnc3ncnn23)c1. The van der Waals surface area contributed by atoms with E-state index in [-0.39, 0.29) is 12.0 Å². The number of nitrogens with zero attached hydrogens (tertiary/aromatic N) is 5. The molecule has 0 aliphatic carbocycles. The summed E-state index contributed by atoms with van der Waals surface area (Å²) in [7, 11) is 0. The van der Waals surface area contributed by atoms with E-state index in [0.29, 0.717) is 17.9 Å². The number of benzene rings is 1.